The van der Waals surface area contributed by atoms with E-state index in [-0.39, 0.29) is 23.4 Å². The van der Waals surface area contributed by atoms with E-state index in [9.17, 15) is 12.8 Å². The number of hydrogen-bond donors (Lipinski definition) is 1. The van der Waals surface area contributed by atoms with Crippen LogP contribution in [0.1, 0.15) is 32.4 Å². The molecule has 2 aromatic rings. The molecule has 0 saturated carbocycles. The van der Waals surface area contributed by atoms with Crippen LogP contribution in [0.3, 0.4) is 0 Å². The number of anilines is 1. The first-order valence-corrected chi connectivity index (χ1v) is 8.61. The first-order chi connectivity index (χ1) is 10.3. The summed E-state index contributed by atoms with van der Waals surface area (Å²) in [6, 6.07) is 7.64. The van der Waals surface area contributed by atoms with Crippen molar-refractivity contribution in [1.82, 2.24) is 9.97 Å². The number of sulfonamides is 1. The van der Waals surface area contributed by atoms with E-state index in [2.05, 4.69) is 14.7 Å². The van der Waals surface area contributed by atoms with E-state index in [4.69, 9.17) is 0 Å². The van der Waals surface area contributed by atoms with Crippen LogP contribution in [-0.4, -0.2) is 24.1 Å². The standard InChI is InChI=1S/C15H18FN3O2S/c1-4-22(20,21)19-15-17-13(10(2)3)9-14(18-15)11-5-7-12(16)8-6-11/h5-10H,4H2,1-3H3,(H,17,18,19). The van der Waals surface area contributed by atoms with Crippen molar-refractivity contribution in [2.24, 2.45) is 0 Å². The van der Waals surface area contributed by atoms with Crippen LogP contribution in [0.15, 0.2) is 30.3 Å². The molecule has 0 amide bonds. The molecule has 5 nitrogen and oxygen atoms in total. The van der Waals surface area contributed by atoms with E-state index < -0.39 is 10.0 Å². The van der Waals surface area contributed by atoms with E-state index in [1.807, 2.05) is 13.8 Å². The van der Waals surface area contributed by atoms with Gasteiger partial charge in [-0.2, -0.15) is 0 Å². The Labute approximate surface area is 129 Å². The first kappa shape index (κ1) is 16.4. The summed E-state index contributed by atoms with van der Waals surface area (Å²) < 4.78 is 38.8. The third kappa shape index (κ3) is 4.00. The molecule has 0 radical (unpaired) electrons. The van der Waals surface area contributed by atoms with Gasteiger partial charge in [-0.25, -0.2) is 22.8 Å². The van der Waals surface area contributed by atoms with Gasteiger partial charge in [0, 0.05) is 11.3 Å². The molecule has 22 heavy (non-hydrogen) atoms. The molecule has 0 aliphatic heterocycles. The molecule has 0 aliphatic rings. The summed E-state index contributed by atoms with van der Waals surface area (Å²) in [4.78, 5) is 8.46. The lowest BCUT2D eigenvalue weighted by molar-refractivity contribution is 0.602. The largest absolute Gasteiger partial charge is 0.251 e. The highest BCUT2D eigenvalue weighted by Crippen LogP contribution is 2.23. The van der Waals surface area contributed by atoms with E-state index in [0.29, 0.717) is 17.0 Å². The van der Waals surface area contributed by atoms with E-state index >= 15 is 0 Å². The minimum absolute atomic E-state index is 0.0346. The van der Waals surface area contributed by atoms with Gasteiger partial charge in [0.15, 0.2) is 0 Å². The van der Waals surface area contributed by atoms with E-state index in [0.717, 1.165) is 0 Å². The topological polar surface area (TPSA) is 72.0 Å². The maximum absolute atomic E-state index is 13.0. The van der Waals surface area contributed by atoms with Crippen LogP contribution in [-0.2, 0) is 10.0 Å². The molecule has 1 N–H and O–H groups in total. The number of rotatable bonds is 5. The Kier molecular flexibility index (Phi) is 4.75. The highest BCUT2D eigenvalue weighted by Gasteiger charge is 2.14. The van der Waals surface area contributed by atoms with Crippen molar-refractivity contribution >= 4 is 16.0 Å². The fraction of sp³-hybridized carbons (Fsp3) is 0.333. The third-order valence-corrected chi connectivity index (χ3v) is 4.36. The molecule has 2 rings (SSSR count). The molecule has 118 valence electrons. The molecule has 0 aliphatic carbocycles. The van der Waals surface area contributed by atoms with Gasteiger partial charge < -0.3 is 0 Å². The SMILES string of the molecule is CCS(=O)(=O)Nc1nc(-c2ccc(F)cc2)cc(C(C)C)n1. The minimum Gasteiger partial charge on any atom is -0.251 e. The van der Waals surface area contributed by atoms with Crippen molar-refractivity contribution in [3.63, 3.8) is 0 Å². The van der Waals surface area contributed by atoms with Gasteiger partial charge >= 0.3 is 0 Å². The summed E-state index contributed by atoms with van der Waals surface area (Å²) in [6.45, 7) is 5.44. The van der Waals surface area contributed by atoms with Crippen LogP contribution in [0.25, 0.3) is 11.3 Å². The zero-order valence-electron chi connectivity index (χ0n) is 12.7. The normalized spacial score (nSPS) is 11.7. The first-order valence-electron chi connectivity index (χ1n) is 6.96. The van der Waals surface area contributed by atoms with Crippen LogP contribution in [0, 0.1) is 5.82 Å². The summed E-state index contributed by atoms with van der Waals surface area (Å²) in [5.41, 5.74) is 1.96. The highest BCUT2D eigenvalue weighted by molar-refractivity contribution is 7.92. The number of benzene rings is 1. The number of nitrogens with one attached hydrogen (secondary N) is 1. The predicted octanol–water partition coefficient (Wildman–Crippen LogP) is 3.17. The van der Waals surface area contributed by atoms with Crippen molar-refractivity contribution in [3.05, 3.63) is 41.8 Å². The molecule has 7 heteroatoms. The van der Waals surface area contributed by atoms with Gasteiger partial charge in [0.1, 0.15) is 5.82 Å². The van der Waals surface area contributed by atoms with Gasteiger partial charge in [-0.1, -0.05) is 13.8 Å². The Morgan fingerprint density at radius 3 is 2.36 bits per heavy atom. The lowest BCUT2D eigenvalue weighted by atomic mass is 10.1. The summed E-state index contributed by atoms with van der Waals surface area (Å²) in [5.74, 6) is -0.262. The van der Waals surface area contributed by atoms with Crippen molar-refractivity contribution in [2.45, 2.75) is 26.7 Å². The highest BCUT2D eigenvalue weighted by atomic mass is 32.2. The lowest BCUT2D eigenvalue weighted by Crippen LogP contribution is -2.17. The van der Waals surface area contributed by atoms with Crippen molar-refractivity contribution in [1.29, 1.82) is 0 Å². The zero-order chi connectivity index (χ0) is 16.3. The fourth-order valence-corrected chi connectivity index (χ4v) is 2.30. The molecule has 0 fully saturated rings. The summed E-state index contributed by atoms with van der Waals surface area (Å²) in [6.07, 6.45) is 0. The monoisotopic (exact) mass is 323 g/mol. The molecule has 0 unspecified atom stereocenters. The maximum atomic E-state index is 13.0. The Morgan fingerprint density at radius 1 is 1.18 bits per heavy atom. The van der Waals surface area contributed by atoms with Gasteiger partial charge in [0.05, 0.1) is 11.4 Å². The predicted molar refractivity (Wildman–Crippen MR) is 84.6 cm³/mol. The van der Waals surface area contributed by atoms with Gasteiger partial charge in [0.2, 0.25) is 16.0 Å². The number of nitrogens with zero attached hydrogens (tertiary/aromatic N) is 2. The average Bonchev–Trinajstić information content (AvgIpc) is 2.47. The number of hydrogen-bond acceptors (Lipinski definition) is 4. The second-order valence-corrected chi connectivity index (χ2v) is 7.18. The van der Waals surface area contributed by atoms with E-state index in [1.54, 1.807) is 18.2 Å². The molecular weight excluding hydrogens is 305 g/mol. The quantitative estimate of drug-likeness (QED) is 0.917. The van der Waals surface area contributed by atoms with Gasteiger partial charge in [0.25, 0.3) is 0 Å². The Balaban J connectivity index is 2.50. The Bertz CT molecular complexity index is 759. The Hall–Kier alpha value is -2.02. The summed E-state index contributed by atoms with van der Waals surface area (Å²) in [5, 5.41) is 0. The Morgan fingerprint density at radius 2 is 1.82 bits per heavy atom. The van der Waals surface area contributed by atoms with Crippen LogP contribution in [0.2, 0.25) is 0 Å². The van der Waals surface area contributed by atoms with Gasteiger partial charge in [-0.15, -0.1) is 0 Å². The smallest absolute Gasteiger partial charge is 0.237 e. The van der Waals surface area contributed by atoms with Crippen molar-refractivity contribution in [3.8, 4) is 11.3 Å². The number of aromatic nitrogens is 2. The second kappa shape index (κ2) is 6.39. The molecule has 0 spiro atoms. The average molecular weight is 323 g/mol. The van der Waals surface area contributed by atoms with Crippen LogP contribution in [0.4, 0.5) is 10.3 Å². The second-order valence-electron chi connectivity index (χ2n) is 5.17. The fourth-order valence-electron chi connectivity index (χ4n) is 1.79. The minimum atomic E-state index is -3.46. The molecule has 0 bridgehead atoms. The van der Waals surface area contributed by atoms with Crippen LogP contribution in [0.5, 0.6) is 0 Å². The lowest BCUT2D eigenvalue weighted by Gasteiger charge is -2.11. The molecular formula is C15H18FN3O2S. The summed E-state index contributed by atoms with van der Waals surface area (Å²) >= 11 is 0. The number of halogens is 1. The van der Waals surface area contributed by atoms with Crippen LogP contribution >= 0.6 is 0 Å². The third-order valence-electron chi connectivity index (χ3n) is 3.10. The molecule has 1 aromatic carbocycles. The van der Waals surface area contributed by atoms with Crippen LogP contribution < -0.4 is 4.72 Å². The zero-order valence-corrected chi connectivity index (χ0v) is 13.5. The molecule has 1 heterocycles. The van der Waals surface area contributed by atoms with Crippen molar-refractivity contribution in [2.75, 3.05) is 10.5 Å². The summed E-state index contributed by atoms with van der Waals surface area (Å²) in [7, 11) is -3.46. The molecule has 1 aromatic heterocycles. The van der Waals surface area contributed by atoms with Gasteiger partial charge in [-0.3, -0.25) is 4.72 Å². The van der Waals surface area contributed by atoms with Gasteiger partial charge in [-0.05, 0) is 43.2 Å². The van der Waals surface area contributed by atoms with Crippen molar-refractivity contribution < 1.29 is 12.8 Å². The molecule has 0 atom stereocenters. The maximum Gasteiger partial charge on any atom is 0.237 e. The molecule has 0 saturated heterocycles. The van der Waals surface area contributed by atoms with E-state index in [1.165, 1.54) is 19.1 Å².